The molecule has 3 heteroatoms. The third kappa shape index (κ3) is 3.25. The van der Waals surface area contributed by atoms with Crippen LogP contribution in [0.25, 0.3) is 0 Å². The standard InChI is InChI=1S/C10H20O3/c1-7(2)13-6-9(11)10-8(3)4-5-12-10/h7-11H,4-6H2,1-3H3. The number of rotatable bonds is 4. The maximum absolute atomic E-state index is 9.72. The molecule has 0 saturated carbocycles. The van der Waals surface area contributed by atoms with Crippen LogP contribution in [-0.2, 0) is 9.47 Å². The van der Waals surface area contributed by atoms with E-state index in [0.717, 1.165) is 13.0 Å². The molecule has 3 unspecified atom stereocenters. The molecular weight excluding hydrogens is 168 g/mol. The normalized spacial score (nSPS) is 31.2. The number of hydrogen-bond donors (Lipinski definition) is 1. The van der Waals surface area contributed by atoms with E-state index < -0.39 is 6.10 Å². The zero-order valence-corrected chi connectivity index (χ0v) is 8.69. The molecule has 13 heavy (non-hydrogen) atoms. The largest absolute Gasteiger partial charge is 0.388 e. The zero-order valence-electron chi connectivity index (χ0n) is 8.69. The first-order valence-electron chi connectivity index (χ1n) is 5.02. The van der Waals surface area contributed by atoms with Gasteiger partial charge in [-0.1, -0.05) is 6.92 Å². The highest BCUT2D eigenvalue weighted by molar-refractivity contribution is 4.79. The van der Waals surface area contributed by atoms with Crippen LogP contribution in [0.5, 0.6) is 0 Å². The third-order valence-electron chi connectivity index (χ3n) is 2.42. The minimum atomic E-state index is -0.472. The molecule has 78 valence electrons. The summed E-state index contributed by atoms with van der Waals surface area (Å²) in [7, 11) is 0. The van der Waals surface area contributed by atoms with Crippen molar-refractivity contribution < 1.29 is 14.6 Å². The van der Waals surface area contributed by atoms with Crippen molar-refractivity contribution in [1.29, 1.82) is 0 Å². The van der Waals surface area contributed by atoms with Gasteiger partial charge in [0.25, 0.3) is 0 Å². The average Bonchev–Trinajstić information content (AvgIpc) is 2.47. The van der Waals surface area contributed by atoms with Crippen LogP contribution in [0.3, 0.4) is 0 Å². The summed E-state index contributed by atoms with van der Waals surface area (Å²) < 4.78 is 10.8. The average molecular weight is 188 g/mol. The second kappa shape index (κ2) is 4.94. The fourth-order valence-corrected chi connectivity index (χ4v) is 1.59. The van der Waals surface area contributed by atoms with Gasteiger partial charge in [-0.3, -0.25) is 0 Å². The van der Waals surface area contributed by atoms with E-state index in [9.17, 15) is 5.11 Å². The Morgan fingerprint density at radius 3 is 2.69 bits per heavy atom. The van der Waals surface area contributed by atoms with Crippen molar-refractivity contribution in [1.82, 2.24) is 0 Å². The van der Waals surface area contributed by atoms with E-state index in [1.807, 2.05) is 13.8 Å². The van der Waals surface area contributed by atoms with E-state index in [-0.39, 0.29) is 12.2 Å². The van der Waals surface area contributed by atoms with E-state index in [1.165, 1.54) is 0 Å². The Hall–Kier alpha value is -0.120. The second-order valence-corrected chi connectivity index (χ2v) is 4.05. The molecule has 1 aliphatic heterocycles. The molecule has 1 fully saturated rings. The summed E-state index contributed by atoms with van der Waals surface area (Å²) in [5, 5.41) is 9.72. The summed E-state index contributed by atoms with van der Waals surface area (Å²) in [5.74, 6) is 0.450. The molecule has 0 bridgehead atoms. The minimum Gasteiger partial charge on any atom is -0.388 e. The maximum atomic E-state index is 9.72. The van der Waals surface area contributed by atoms with E-state index in [4.69, 9.17) is 9.47 Å². The Bertz CT molecular complexity index is 147. The highest BCUT2D eigenvalue weighted by atomic mass is 16.5. The third-order valence-corrected chi connectivity index (χ3v) is 2.42. The van der Waals surface area contributed by atoms with Crippen LogP contribution in [0, 0.1) is 5.92 Å². The molecular formula is C10H20O3. The molecule has 0 aromatic rings. The maximum Gasteiger partial charge on any atom is 0.104 e. The first-order chi connectivity index (χ1) is 6.11. The summed E-state index contributed by atoms with van der Waals surface area (Å²) in [6.07, 6.45) is 0.716. The molecule has 0 aliphatic carbocycles. The van der Waals surface area contributed by atoms with Gasteiger partial charge in [-0.25, -0.2) is 0 Å². The monoisotopic (exact) mass is 188 g/mol. The van der Waals surface area contributed by atoms with Gasteiger partial charge in [-0.2, -0.15) is 0 Å². The van der Waals surface area contributed by atoms with Crippen molar-refractivity contribution in [2.75, 3.05) is 13.2 Å². The second-order valence-electron chi connectivity index (χ2n) is 4.05. The van der Waals surface area contributed by atoms with Crippen LogP contribution in [0.1, 0.15) is 27.2 Å². The number of hydrogen-bond acceptors (Lipinski definition) is 3. The van der Waals surface area contributed by atoms with Gasteiger partial charge in [-0.15, -0.1) is 0 Å². The Kier molecular flexibility index (Phi) is 4.16. The van der Waals surface area contributed by atoms with Crippen LogP contribution in [0.15, 0.2) is 0 Å². The van der Waals surface area contributed by atoms with Gasteiger partial charge >= 0.3 is 0 Å². The Labute approximate surface area is 80.0 Å². The Balaban J connectivity index is 2.25. The van der Waals surface area contributed by atoms with Gasteiger partial charge in [0.1, 0.15) is 6.10 Å². The first-order valence-corrected chi connectivity index (χ1v) is 5.02. The Morgan fingerprint density at radius 2 is 2.23 bits per heavy atom. The van der Waals surface area contributed by atoms with Crippen molar-refractivity contribution in [3.63, 3.8) is 0 Å². The van der Waals surface area contributed by atoms with Gasteiger partial charge in [0, 0.05) is 6.61 Å². The van der Waals surface area contributed by atoms with Gasteiger partial charge in [0.15, 0.2) is 0 Å². The van der Waals surface area contributed by atoms with Gasteiger partial charge in [0.05, 0.1) is 18.8 Å². The quantitative estimate of drug-likeness (QED) is 0.720. The van der Waals surface area contributed by atoms with Crippen molar-refractivity contribution in [3.8, 4) is 0 Å². The molecule has 0 aromatic carbocycles. The lowest BCUT2D eigenvalue weighted by molar-refractivity contribution is -0.0703. The van der Waals surface area contributed by atoms with E-state index in [2.05, 4.69) is 6.92 Å². The van der Waals surface area contributed by atoms with Gasteiger partial charge in [0.2, 0.25) is 0 Å². The predicted octanol–water partition coefficient (Wildman–Crippen LogP) is 1.20. The minimum absolute atomic E-state index is 0.0289. The number of aliphatic hydroxyl groups excluding tert-OH is 1. The van der Waals surface area contributed by atoms with Crippen LogP contribution >= 0.6 is 0 Å². The van der Waals surface area contributed by atoms with E-state index in [1.54, 1.807) is 0 Å². The fourth-order valence-electron chi connectivity index (χ4n) is 1.59. The Morgan fingerprint density at radius 1 is 1.54 bits per heavy atom. The van der Waals surface area contributed by atoms with E-state index in [0.29, 0.717) is 12.5 Å². The molecule has 1 N–H and O–H groups in total. The molecule has 1 rings (SSSR count). The number of ether oxygens (including phenoxy) is 2. The molecule has 0 aromatic heterocycles. The summed E-state index contributed by atoms with van der Waals surface area (Å²) in [6.45, 7) is 7.19. The van der Waals surface area contributed by atoms with Crippen molar-refractivity contribution in [2.24, 2.45) is 5.92 Å². The fraction of sp³-hybridized carbons (Fsp3) is 1.00. The topological polar surface area (TPSA) is 38.7 Å². The first kappa shape index (κ1) is 11.0. The van der Waals surface area contributed by atoms with Crippen molar-refractivity contribution in [3.05, 3.63) is 0 Å². The lowest BCUT2D eigenvalue weighted by atomic mass is 10.00. The van der Waals surface area contributed by atoms with Crippen LogP contribution < -0.4 is 0 Å². The van der Waals surface area contributed by atoms with Gasteiger partial charge < -0.3 is 14.6 Å². The lowest BCUT2D eigenvalue weighted by Crippen LogP contribution is -2.34. The molecule has 1 heterocycles. The van der Waals surface area contributed by atoms with Crippen LogP contribution in [-0.4, -0.2) is 36.6 Å². The summed E-state index contributed by atoms with van der Waals surface area (Å²) >= 11 is 0. The smallest absolute Gasteiger partial charge is 0.104 e. The summed E-state index contributed by atoms with van der Waals surface area (Å²) in [4.78, 5) is 0. The highest BCUT2D eigenvalue weighted by Crippen LogP contribution is 2.23. The van der Waals surface area contributed by atoms with Crippen LogP contribution in [0.2, 0.25) is 0 Å². The predicted molar refractivity (Wildman–Crippen MR) is 50.6 cm³/mol. The molecule has 0 radical (unpaired) electrons. The molecule has 3 nitrogen and oxygen atoms in total. The summed E-state index contributed by atoms with van der Waals surface area (Å²) in [6, 6.07) is 0. The van der Waals surface area contributed by atoms with Crippen molar-refractivity contribution >= 4 is 0 Å². The molecule has 3 atom stereocenters. The van der Waals surface area contributed by atoms with Crippen molar-refractivity contribution in [2.45, 2.75) is 45.5 Å². The molecule has 0 spiro atoms. The van der Waals surface area contributed by atoms with E-state index >= 15 is 0 Å². The molecule has 0 amide bonds. The highest BCUT2D eigenvalue weighted by Gasteiger charge is 2.30. The summed E-state index contributed by atoms with van der Waals surface area (Å²) in [5.41, 5.74) is 0. The zero-order chi connectivity index (χ0) is 9.84. The molecule has 1 aliphatic rings. The molecule has 1 saturated heterocycles. The lowest BCUT2D eigenvalue weighted by Gasteiger charge is -2.22. The van der Waals surface area contributed by atoms with Crippen LogP contribution in [0.4, 0.5) is 0 Å². The van der Waals surface area contributed by atoms with Gasteiger partial charge in [-0.05, 0) is 26.2 Å². The SMILES string of the molecule is CC(C)OCC(O)C1OCCC1C. The number of aliphatic hydroxyl groups is 1.